The van der Waals surface area contributed by atoms with Gasteiger partial charge in [-0.1, -0.05) is 23.4 Å². The minimum Gasteiger partial charge on any atom is -0.323 e. The summed E-state index contributed by atoms with van der Waals surface area (Å²) in [5.41, 5.74) is 4.82. The zero-order valence-corrected chi connectivity index (χ0v) is 18.3. The summed E-state index contributed by atoms with van der Waals surface area (Å²) in [5.74, 6) is 1.14. The molecule has 1 aromatic carbocycles. The van der Waals surface area contributed by atoms with Gasteiger partial charge in [0.05, 0.1) is 11.2 Å². The molecule has 1 fully saturated rings. The van der Waals surface area contributed by atoms with Crippen LogP contribution in [-0.4, -0.2) is 43.9 Å². The topological polar surface area (TPSA) is 105 Å². The highest BCUT2D eigenvalue weighted by Gasteiger charge is 2.26. The number of benzene rings is 1. The van der Waals surface area contributed by atoms with Crippen LogP contribution in [0.4, 0.5) is 5.95 Å². The molecule has 1 amide bonds. The highest BCUT2D eigenvalue weighted by molar-refractivity contribution is 7.99. The van der Waals surface area contributed by atoms with E-state index < -0.39 is 6.29 Å². The van der Waals surface area contributed by atoms with E-state index >= 15 is 0 Å². The maximum atomic E-state index is 12.2. The number of carbonyl (C=O) groups is 1. The Morgan fingerprint density at radius 3 is 2.60 bits per heavy atom. The first-order valence-corrected chi connectivity index (χ1v) is 10.9. The Morgan fingerprint density at radius 2 is 1.83 bits per heavy atom. The highest BCUT2D eigenvalue weighted by atomic mass is 32.2. The molecule has 0 spiro atoms. The normalized spacial score (nSPS) is 19.0. The second kappa shape index (κ2) is 8.53. The number of aryl methyl sites for hydroxylation is 4. The number of fused-ring (bicyclic) bond motifs is 1. The molecule has 3 N–H and O–H groups in total. The fourth-order valence-electron chi connectivity index (χ4n) is 3.49. The number of nitrogens with one attached hydrogen (secondary N) is 3. The van der Waals surface area contributed by atoms with E-state index in [4.69, 9.17) is 0 Å². The van der Waals surface area contributed by atoms with E-state index in [1.807, 2.05) is 45.9 Å². The molecule has 3 aromatic rings. The van der Waals surface area contributed by atoms with Crippen LogP contribution in [0.1, 0.15) is 29.1 Å². The Labute approximate surface area is 179 Å². The first-order chi connectivity index (χ1) is 14.4. The maximum Gasteiger partial charge on any atom is 0.226 e. The fourth-order valence-corrected chi connectivity index (χ4v) is 4.47. The van der Waals surface area contributed by atoms with Crippen LogP contribution in [0, 0.1) is 27.7 Å². The number of hydrogen-bond donors (Lipinski definition) is 3. The molecule has 9 heteroatoms. The van der Waals surface area contributed by atoms with Gasteiger partial charge in [-0.3, -0.25) is 10.1 Å². The molecule has 4 rings (SSSR count). The Balaban J connectivity index is 1.44. The summed E-state index contributed by atoms with van der Waals surface area (Å²) in [5, 5.41) is 11.3. The van der Waals surface area contributed by atoms with Crippen molar-refractivity contribution in [3.05, 3.63) is 46.9 Å². The molecule has 1 aliphatic heterocycles. The molecule has 1 aliphatic rings. The molecule has 3 heterocycles. The van der Waals surface area contributed by atoms with Crippen molar-refractivity contribution in [1.82, 2.24) is 30.6 Å². The molecule has 2 aromatic heterocycles. The maximum absolute atomic E-state index is 12.2. The average Bonchev–Trinajstić information content (AvgIpc) is 2.66. The van der Waals surface area contributed by atoms with Crippen molar-refractivity contribution in [1.29, 1.82) is 0 Å². The molecule has 0 aliphatic carbocycles. The largest absolute Gasteiger partial charge is 0.323 e. The van der Waals surface area contributed by atoms with Crippen molar-refractivity contribution in [3.63, 3.8) is 0 Å². The quantitative estimate of drug-likeness (QED) is 0.425. The van der Waals surface area contributed by atoms with Gasteiger partial charge in [0, 0.05) is 35.0 Å². The van der Waals surface area contributed by atoms with Gasteiger partial charge in [0.1, 0.15) is 0 Å². The third-order valence-electron chi connectivity index (χ3n) is 4.83. The molecule has 0 saturated carbocycles. The zero-order chi connectivity index (χ0) is 21.3. The van der Waals surface area contributed by atoms with Crippen LogP contribution < -0.4 is 16.0 Å². The van der Waals surface area contributed by atoms with Gasteiger partial charge >= 0.3 is 0 Å². The fraction of sp³-hybridized carbons (Fsp3) is 0.381. The van der Waals surface area contributed by atoms with Crippen LogP contribution >= 0.6 is 11.8 Å². The molecule has 8 nitrogen and oxygen atoms in total. The molecule has 2 atom stereocenters. The van der Waals surface area contributed by atoms with Gasteiger partial charge in [-0.25, -0.2) is 19.9 Å². The minimum atomic E-state index is -0.445. The van der Waals surface area contributed by atoms with Gasteiger partial charge in [-0.2, -0.15) is 0 Å². The highest BCUT2D eigenvalue weighted by Crippen LogP contribution is 2.20. The second-order valence-electron chi connectivity index (χ2n) is 7.61. The number of amides is 1. The number of aromatic nitrogens is 4. The summed E-state index contributed by atoms with van der Waals surface area (Å²) in [6.07, 6.45) is -0.0494. The lowest BCUT2D eigenvalue weighted by Crippen LogP contribution is -2.60. The van der Waals surface area contributed by atoms with E-state index in [1.54, 1.807) is 11.8 Å². The molecular formula is C21H25N7OS. The smallest absolute Gasteiger partial charge is 0.226 e. The summed E-state index contributed by atoms with van der Waals surface area (Å²) in [6, 6.07) is 8.03. The van der Waals surface area contributed by atoms with Gasteiger partial charge in [0.15, 0.2) is 11.4 Å². The monoisotopic (exact) mass is 423 g/mol. The van der Waals surface area contributed by atoms with Crippen molar-refractivity contribution in [2.24, 2.45) is 0 Å². The average molecular weight is 424 g/mol. The van der Waals surface area contributed by atoms with E-state index in [0.717, 1.165) is 33.1 Å². The summed E-state index contributed by atoms with van der Waals surface area (Å²) in [6.45, 7) is 7.92. The third kappa shape index (κ3) is 4.85. The number of rotatable bonds is 5. The predicted molar refractivity (Wildman–Crippen MR) is 118 cm³/mol. The Kier molecular flexibility index (Phi) is 5.83. The molecule has 1 saturated heterocycles. The van der Waals surface area contributed by atoms with Crippen LogP contribution in [0.5, 0.6) is 0 Å². The van der Waals surface area contributed by atoms with Crippen LogP contribution in [0.2, 0.25) is 0 Å². The van der Waals surface area contributed by atoms with Gasteiger partial charge < -0.3 is 10.6 Å². The van der Waals surface area contributed by atoms with Crippen LogP contribution in [0.25, 0.3) is 10.9 Å². The number of thioether (sulfide) groups is 1. The summed E-state index contributed by atoms with van der Waals surface area (Å²) < 4.78 is 0. The Morgan fingerprint density at radius 1 is 1.07 bits per heavy atom. The number of hydrogen-bond acceptors (Lipinski definition) is 8. The third-order valence-corrected chi connectivity index (χ3v) is 5.84. The van der Waals surface area contributed by atoms with E-state index in [1.165, 1.54) is 5.56 Å². The lowest BCUT2D eigenvalue weighted by molar-refractivity contribution is -0.123. The lowest BCUT2D eigenvalue weighted by atomic mass is 10.1. The summed E-state index contributed by atoms with van der Waals surface area (Å²) in [4.78, 5) is 30.3. The SMILES string of the molecule is Cc1ccc2nc(NC3NC(=O)CC(CSc4nc(C)cc(C)n4)N3)nc(C)c2c1. The first kappa shape index (κ1) is 20.5. The number of anilines is 1. The van der Waals surface area contributed by atoms with Crippen molar-refractivity contribution in [3.8, 4) is 0 Å². The van der Waals surface area contributed by atoms with Crippen LogP contribution in [0.3, 0.4) is 0 Å². The van der Waals surface area contributed by atoms with Crippen molar-refractivity contribution in [2.75, 3.05) is 11.1 Å². The molecule has 0 radical (unpaired) electrons. The van der Waals surface area contributed by atoms with Gasteiger partial charge in [-0.15, -0.1) is 0 Å². The van der Waals surface area contributed by atoms with E-state index in [2.05, 4.69) is 42.0 Å². The number of nitrogens with zero attached hydrogens (tertiary/aromatic N) is 4. The van der Waals surface area contributed by atoms with Gasteiger partial charge in [-0.05, 0) is 45.9 Å². The van der Waals surface area contributed by atoms with Crippen LogP contribution in [-0.2, 0) is 4.79 Å². The molecule has 30 heavy (non-hydrogen) atoms. The summed E-state index contributed by atoms with van der Waals surface area (Å²) >= 11 is 1.55. The molecule has 0 bridgehead atoms. The van der Waals surface area contributed by atoms with E-state index in [0.29, 0.717) is 18.1 Å². The van der Waals surface area contributed by atoms with Crippen molar-refractivity contribution in [2.45, 2.75) is 51.6 Å². The summed E-state index contributed by atoms with van der Waals surface area (Å²) in [7, 11) is 0. The van der Waals surface area contributed by atoms with Crippen molar-refractivity contribution < 1.29 is 4.79 Å². The number of carbonyl (C=O) groups excluding carboxylic acids is 1. The molecule has 156 valence electrons. The predicted octanol–water partition coefficient (Wildman–Crippen LogP) is 2.62. The van der Waals surface area contributed by atoms with Crippen molar-refractivity contribution >= 4 is 34.5 Å². The lowest BCUT2D eigenvalue weighted by Gasteiger charge is -2.31. The molecule has 2 unspecified atom stereocenters. The van der Waals surface area contributed by atoms with Gasteiger partial charge in [0.2, 0.25) is 11.9 Å². The van der Waals surface area contributed by atoms with Crippen LogP contribution in [0.15, 0.2) is 29.4 Å². The minimum absolute atomic E-state index is 0.0186. The van der Waals surface area contributed by atoms with E-state index in [-0.39, 0.29) is 11.9 Å². The Hall–Kier alpha value is -2.78. The first-order valence-electron chi connectivity index (χ1n) is 9.88. The molecular weight excluding hydrogens is 398 g/mol. The van der Waals surface area contributed by atoms with E-state index in [9.17, 15) is 4.79 Å². The zero-order valence-electron chi connectivity index (χ0n) is 17.5. The standard InChI is InChI=1S/C21H25N7OS/c1-11-5-6-17-16(7-11)14(4)24-19(26-17)28-20-25-15(9-18(29)27-20)10-30-21-22-12(2)8-13(3)23-21/h5-8,15,20,25H,9-10H2,1-4H3,(H,27,29)(H,24,26,28). The second-order valence-corrected chi connectivity index (χ2v) is 8.60. The Bertz CT molecular complexity index is 1080. The van der Waals surface area contributed by atoms with Gasteiger partial charge in [0.25, 0.3) is 0 Å².